The van der Waals surface area contributed by atoms with Crippen LogP contribution in [-0.2, 0) is 4.74 Å². The van der Waals surface area contributed by atoms with E-state index in [-0.39, 0.29) is 12.1 Å². The maximum atomic E-state index is 12.1. The zero-order chi connectivity index (χ0) is 16.4. The highest BCUT2D eigenvalue weighted by Crippen LogP contribution is 2.22. The number of carbonyl (C=O) groups is 1. The highest BCUT2D eigenvalue weighted by molar-refractivity contribution is 5.76. The minimum Gasteiger partial charge on any atom is -0.471 e. The lowest BCUT2D eigenvalue weighted by Crippen LogP contribution is -2.48. The van der Waals surface area contributed by atoms with Gasteiger partial charge in [0.1, 0.15) is 11.6 Å². The first-order valence-electron chi connectivity index (χ1n) is 8.55. The van der Waals surface area contributed by atoms with E-state index in [1.54, 1.807) is 0 Å². The average Bonchev–Trinajstić information content (AvgIpc) is 3.27. The number of carbonyl (C=O) groups excluding carboxylic acids is 1. The summed E-state index contributed by atoms with van der Waals surface area (Å²) in [4.78, 5) is 12.1. The van der Waals surface area contributed by atoms with Crippen molar-refractivity contribution < 1.29 is 9.53 Å². The number of ether oxygens (including phenoxy) is 1. The highest BCUT2D eigenvalue weighted by Gasteiger charge is 2.25. The van der Waals surface area contributed by atoms with Gasteiger partial charge in [-0.1, -0.05) is 12.8 Å². The first-order chi connectivity index (χ1) is 11.8. The van der Waals surface area contributed by atoms with Crippen molar-refractivity contribution in [3.63, 3.8) is 0 Å². The van der Waals surface area contributed by atoms with E-state index >= 15 is 0 Å². The Morgan fingerprint density at radius 1 is 1.25 bits per heavy atom. The van der Waals surface area contributed by atoms with Crippen LogP contribution in [0.25, 0.3) is 0 Å². The maximum Gasteiger partial charge on any atom is 0.320 e. The van der Waals surface area contributed by atoms with E-state index in [4.69, 9.17) is 4.74 Å². The van der Waals surface area contributed by atoms with Gasteiger partial charge in [0.25, 0.3) is 0 Å². The molecule has 7 heteroatoms. The maximum absolute atomic E-state index is 12.1. The lowest BCUT2D eigenvalue weighted by molar-refractivity contribution is 0.237. The molecule has 24 heavy (non-hydrogen) atoms. The summed E-state index contributed by atoms with van der Waals surface area (Å²) in [5.41, 5.74) is 2.19. The van der Waals surface area contributed by atoms with Crippen LogP contribution in [0.3, 0.4) is 0 Å². The van der Waals surface area contributed by atoms with Crippen molar-refractivity contribution >= 4 is 6.03 Å². The van der Waals surface area contributed by atoms with Gasteiger partial charge in [0.15, 0.2) is 6.73 Å². The van der Waals surface area contributed by atoms with Crippen LogP contribution in [0.2, 0.25) is 0 Å². The average molecular weight is 329 g/mol. The summed E-state index contributed by atoms with van der Waals surface area (Å²) in [5, 5.41) is 15.7. The smallest absolute Gasteiger partial charge is 0.320 e. The topological polar surface area (TPSA) is 86.5 Å². The number of urea groups is 1. The molecular weight excluding hydrogens is 306 g/mol. The molecule has 1 unspecified atom stereocenters. The zero-order valence-electron chi connectivity index (χ0n) is 13.5. The largest absolute Gasteiger partial charge is 0.471 e. The van der Waals surface area contributed by atoms with Gasteiger partial charge in [-0.05, 0) is 31.1 Å². The Kier molecular flexibility index (Phi) is 4.06. The minimum absolute atomic E-state index is 0.00521. The summed E-state index contributed by atoms with van der Waals surface area (Å²) in [7, 11) is 0. The normalized spacial score (nSPS) is 25.6. The van der Waals surface area contributed by atoms with Crippen molar-refractivity contribution in [3.8, 4) is 0 Å². The molecule has 7 nitrogen and oxygen atoms in total. The van der Waals surface area contributed by atoms with E-state index in [2.05, 4.69) is 32.7 Å². The van der Waals surface area contributed by atoms with Crippen LogP contribution in [0.1, 0.15) is 25.7 Å². The van der Waals surface area contributed by atoms with Crippen LogP contribution < -0.4 is 26.6 Å². The van der Waals surface area contributed by atoms with Gasteiger partial charge in [-0.2, -0.15) is 0 Å². The Morgan fingerprint density at radius 3 is 2.92 bits per heavy atom. The highest BCUT2D eigenvalue weighted by atomic mass is 16.5. The van der Waals surface area contributed by atoms with Gasteiger partial charge in [-0.15, -0.1) is 0 Å². The molecule has 4 aliphatic rings. The second-order valence-electron chi connectivity index (χ2n) is 6.45. The molecule has 128 valence electrons. The Bertz CT molecular complexity index is 643. The number of nitrogens with one attached hydrogen (secondary N) is 5. The molecule has 0 spiro atoms. The molecule has 0 aromatic carbocycles. The number of hydrogen-bond acceptors (Lipinski definition) is 5. The molecule has 3 aliphatic heterocycles. The number of rotatable bonds is 3. The van der Waals surface area contributed by atoms with E-state index in [0.29, 0.717) is 18.6 Å². The number of fused-ring (bicyclic) bond motifs is 1. The first-order valence-corrected chi connectivity index (χ1v) is 8.55. The lowest BCUT2D eigenvalue weighted by atomic mass is 10.0. The monoisotopic (exact) mass is 329 g/mol. The minimum atomic E-state index is -0.142. The fourth-order valence-electron chi connectivity index (χ4n) is 3.47. The van der Waals surface area contributed by atoms with Crippen LogP contribution in [0.4, 0.5) is 4.79 Å². The summed E-state index contributed by atoms with van der Waals surface area (Å²) in [6, 6.07) is 0.171. The molecule has 1 saturated carbocycles. The van der Waals surface area contributed by atoms with Crippen molar-refractivity contribution in [2.45, 2.75) is 37.8 Å². The van der Waals surface area contributed by atoms with Crippen molar-refractivity contribution in [1.82, 2.24) is 26.6 Å². The molecule has 1 aliphatic carbocycles. The molecule has 0 saturated heterocycles. The van der Waals surface area contributed by atoms with Gasteiger partial charge in [0.2, 0.25) is 0 Å². The van der Waals surface area contributed by atoms with Gasteiger partial charge >= 0.3 is 6.03 Å². The van der Waals surface area contributed by atoms with E-state index in [1.165, 1.54) is 12.8 Å². The third-order valence-corrected chi connectivity index (χ3v) is 4.73. The van der Waals surface area contributed by atoms with Gasteiger partial charge < -0.3 is 26.0 Å². The zero-order valence-corrected chi connectivity index (χ0v) is 13.5. The molecule has 0 aromatic heterocycles. The SMILES string of the molecule is O=C(NC1=CC=C2NCC(C3=CNCO3)=CC2N1)NC1CCCC1. The second-order valence-corrected chi connectivity index (χ2v) is 6.45. The Hall–Kier alpha value is -2.57. The molecule has 3 heterocycles. The van der Waals surface area contributed by atoms with Gasteiger partial charge in [-0.25, -0.2) is 4.79 Å². The quantitative estimate of drug-likeness (QED) is 0.530. The molecule has 5 N–H and O–H groups in total. The van der Waals surface area contributed by atoms with Crippen molar-refractivity contribution in [1.29, 1.82) is 0 Å². The number of allylic oxidation sites excluding steroid dienone is 2. The van der Waals surface area contributed by atoms with Gasteiger partial charge in [0, 0.05) is 30.1 Å². The molecule has 2 amide bonds. The molecular formula is C17H23N5O2. The predicted octanol–water partition coefficient (Wildman–Crippen LogP) is 0.874. The van der Waals surface area contributed by atoms with Crippen LogP contribution in [0, 0.1) is 0 Å². The van der Waals surface area contributed by atoms with Crippen LogP contribution in [0.15, 0.2) is 47.3 Å². The number of hydrogen-bond donors (Lipinski definition) is 5. The summed E-state index contributed by atoms with van der Waals surface area (Å²) in [6.45, 7) is 1.25. The van der Waals surface area contributed by atoms with Crippen molar-refractivity contribution in [2.24, 2.45) is 0 Å². The third kappa shape index (κ3) is 3.20. The third-order valence-electron chi connectivity index (χ3n) is 4.73. The lowest BCUT2D eigenvalue weighted by Gasteiger charge is -2.31. The Balaban J connectivity index is 1.38. The summed E-state index contributed by atoms with van der Waals surface area (Å²) >= 11 is 0. The number of amides is 2. The molecule has 0 aromatic rings. The van der Waals surface area contributed by atoms with Crippen LogP contribution >= 0.6 is 0 Å². The standard InChI is InChI=1S/C17H23N5O2/c23-17(20-12-3-1-2-4-12)22-16-6-5-13-14(21-16)7-11(8-19-13)15-9-18-10-24-15/h5-7,9,12,14,18-19,21H,1-4,8,10H2,(H2,20,22,23). The van der Waals surface area contributed by atoms with Gasteiger partial charge in [0.05, 0.1) is 6.04 Å². The summed E-state index contributed by atoms with van der Waals surface area (Å²) < 4.78 is 5.54. The second kappa shape index (κ2) is 6.51. The fraction of sp³-hybridized carbons (Fsp3) is 0.471. The van der Waals surface area contributed by atoms with Crippen LogP contribution in [-0.4, -0.2) is 31.4 Å². The van der Waals surface area contributed by atoms with Crippen LogP contribution in [0.5, 0.6) is 0 Å². The summed E-state index contributed by atoms with van der Waals surface area (Å²) in [5.74, 6) is 1.57. The fourth-order valence-corrected chi connectivity index (χ4v) is 3.47. The van der Waals surface area contributed by atoms with E-state index in [0.717, 1.165) is 36.4 Å². The van der Waals surface area contributed by atoms with E-state index in [9.17, 15) is 4.79 Å². The molecule has 0 radical (unpaired) electrons. The number of dihydropyridines is 1. The molecule has 1 atom stereocenters. The van der Waals surface area contributed by atoms with Crippen molar-refractivity contribution in [3.05, 3.63) is 47.3 Å². The van der Waals surface area contributed by atoms with E-state index in [1.807, 2.05) is 18.4 Å². The molecule has 0 bridgehead atoms. The molecule has 1 fully saturated rings. The Labute approximate surface area is 141 Å². The van der Waals surface area contributed by atoms with E-state index < -0.39 is 0 Å². The van der Waals surface area contributed by atoms with Gasteiger partial charge in [-0.3, -0.25) is 5.32 Å². The summed E-state index contributed by atoms with van der Waals surface area (Å²) in [6.07, 6.45) is 12.5. The van der Waals surface area contributed by atoms with Crippen molar-refractivity contribution in [2.75, 3.05) is 13.3 Å². The Morgan fingerprint density at radius 2 is 2.12 bits per heavy atom. The first kappa shape index (κ1) is 15.0. The predicted molar refractivity (Wildman–Crippen MR) is 90.3 cm³/mol. The molecule has 4 rings (SSSR count).